The van der Waals surface area contributed by atoms with Crippen molar-refractivity contribution in [3.63, 3.8) is 0 Å². The molecule has 1 aromatic heterocycles. The molecule has 2 rings (SSSR count). The molecule has 1 atom stereocenters. The highest BCUT2D eigenvalue weighted by molar-refractivity contribution is 5.30. The molecule has 1 aromatic rings. The number of pyridine rings is 1. The molecule has 0 bridgehead atoms. The molecule has 5 nitrogen and oxygen atoms in total. The summed E-state index contributed by atoms with van der Waals surface area (Å²) >= 11 is 0. The number of hydrogen-bond acceptors (Lipinski definition) is 5. The Balaban J connectivity index is 2.03. The quantitative estimate of drug-likeness (QED) is 0.804. The number of aliphatic hydroxyl groups excluding tert-OH is 1. The lowest BCUT2D eigenvalue weighted by Crippen LogP contribution is -2.43. The second-order valence-corrected chi connectivity index (χ2v) is 4.03. The third kappa shape index (κ3) is 3.01. The molecule has 1 aliphatic rings. The number of nitrogens with zero attached hydrogens (tertiary/aromatic N) is 3. The lowest BCUT2D eigenvalue weighted by Gasteiger charge is -2.32. The van der Waals surface area contributed by atoms with Crippen LogP contribution >= 0.6 is 0 Å². The Labute approximate surface area is 100 Å². The molecular formula is C12H15N3O2. The standard InChI is InChI=1S/C12H15N3O2/c13-6-12-10(2-1-3-14-12)7-15-4-5-17-11(8-15)9-16/h1-3,11,16H,4-5,7-9H2. The van der Waals surface area contributed by atoms with Crippen molar-refractivity contribution in [1.29, 1.82) is 5.26 Å². The highest BCUT2D eigenvalue weighted by Crippen LogP contribution is 2.12. The van der Waals surface area contributed by atoms with Crippen LogP contribution in [0.5, 0.6) is 0 Å². The van der Waals surface area contributed by atoms with Crippen LogP contribution in [0.3, 0.4) is 0 Å². The third-order valence-electron chi connectivity index (χ3n) is 2.82. The van der Waals surface area contributed by atoms with Gasteiger partial charge in [0.15, 0.2) is 0 Å². The average molecular weight is 233 g/mol. The van der Waals surface area contributed by atoms with Gasteiger partial charge in [0, 0.05) is 31.4 Å². The second-order valence-electron chi connectivity index (χ2n) is 4.03. The number of aromatic nitrogens is 1. The summed E-state index contributed by atoms with van der Waals surface area (Å²) in [4.78, 5) is 6.20. The maximum atomic E-state index is 9.06. The Morgan fingerprint density at radius 1 is 1.65 bits per heavy atom. The van der Waals surface area contributed by atoms with E-state index in [9.17, 15) is 0 Å². The van der Waals surface area contributed by atoms with Crippen LogP contribution < -0.4 is 0 Å². The van der Waals surface area contributed by atoms with Crippen molar-refractivity contribution < 1.29 is 9.84 Å². The molecule has 1 N–H and O–H groups in total. The van der Waals surface area contributed by atoms with Gasteiger partial charge in [-0.25, -0.2) is 4.98 Å². The van der Waals surface area contributed by atoms with Crippen LogP contribution in [0.4, 0.5) is 0 Å². The van der Waals surface area contributed by atoms with Crippen molar-refractivity contribution in [2.24, 2.45) is 0 Å². The van der Waals surface area contributed by atoms with Gasteiger partial charge in [-0.1, -0.05) is 6.07 Å². The van der Waals surface area contributed by atoms with Crippen molar-refractivity contribution in [1.82, 2.24) is 9.88 Å². The molecule has 90 valence electrons. The van der Waals surface area contributed by atoms with Crippen LogP contribution in [0.2, 0.25) is 0 Å². The van der Waals surface area contributed by atoms with E-state index >= 15 is 0 Å². The van der Waals surface area contributed by atoms with Crippen molar-refractivity contribution in [3.8, 4) is 6.07 Å². The van der Waals surface area contributed by atoms with E-state index in [2.05, 4.69) is 16.0 Å². The fraction of sp³-hybridized carbons (Fsp3) is 0.500. The first kappa shape index (κ1) is 12.0. The van der Waals surface area contributed by atoms with E-state index in [-0.39, 0.29) is 12.7 Å². The maximum absolute atomic E-state index is 9.06. The zero-order valence-electron chi connectivity index (χ0n) is 9.54. The van der Waals surface area contributed by atoms with Crippen molar-refractivity contribution in [2.45, 2.75) is 12.6 Å². The molecule has 0 amide bonds. The van der Waals surface area contributed by atoms with E-state index in [0.29, 0.717) is 25.4 Å². The number of hydrogen-bond donors (Lipinski definition) is 1. The van der Waals surface area contributed by atoms with Gasteiger partial charge in [0.25, 0.3) is 0 Å². The molecular weight excluding hydrogens is 218 g/mol. The Hall–Kier alpha value is -1.48. The number of rotatable bonds is 3. The SMILES string of the molecule is N#Cc1ncccc1CN1CCOC(CO)C1. The summed E-state index contributed by atoms with van der Waals surface area (Å²) in [5.41, 5.74) is 1.40. The maximum Gasteiger partial charge on any atom is 0.144 e. The van der Waals surface area contributed by atoms with Gasteiger partial charge in [0.05, 0.1) is 19.3 Å². The lowest BCUT2D eigenvalue weighted by molar-refractivity contribution is -0.0551. The molecule has 1 unspecified atom stereocenters. The van der Waals surface area contributed by atoms with Gasteiger partial charge in [0.1, 0.15) is 11.8 Å². The highest BCUT2D eigenvalue weighted by Gasteiger charge is 2.20. The molecule has 0 aliphatic carbocycles. The molecule has 1 saturated heterocycles. The highest BCUT2D eigenvalue weighted by atomic mass is 16.5. The first-order valence-corrected chi connectivity index (χ1v) is 5.62. The minimum atomic E-state index is -0.119. The number of nitriles is 1. The zero-order chi connectivity index (χ0) is 12.1. The normalized spacial score (nSPS) is 21.1. The molecule has 0 aromatic carbocycles. The summed E-state index contributed by atoms with van der Waals surface area (Å²) in [6, 6.07) is 5.84. The summed E-state index contributed by atoms with van der Waals surface area (Å²) in [6.07, 6.45) is 1.50. The average Bonchev–Trinajstić information content (AvgIpc) is 2.39. The molecule has 0 radical (unpaired) electrons. The monoisotopic (exact) mass is 233 g/mol. The Bertz CT molecular complexity index is 416. The smallest absolute Gasteiger partial charge is 0.144 e. The predicted molar refractivity (Wildman–Crippen MR) is 61.1 cm³/mol. The number of morpholine rings is 1. The van der Waals surface area contributed by atoms with Gasteiger partial charge < -0.3 is 9.84 Å². The molecule has 2 heterocycles. The fourth-order valence-electron chi connectivity index (χ4n) is 1.94. The van der Waals surface area contributed by atoms with Crippen molar-refractivity contribution in [2.75, 3.05) is 26.3 Å². The van der Waals surface area contributed by atoms with Crippen molar-refractivity contribution >= 4 is 0 Å². The summed E-state index contributed by atoms with van der Waals surface area (Å²) in [5, 5.41) is 18.0. The minimum absolute atomic E-state index is 0.0364. The lowest BCUT2D eigenvalue weighted by atomic mass is 10.1. The van der Waals surface area contributed by atoms with E-state index in [1.165, 1.54) is 0 Å². The topological polar surface area (TPSA) is 69.4 Å². The third-order valence-corrected chi connectivity index (χ3v) is 2.82. The van der Waals surface area contributed by atoms with E-state index in [4.69, 9.17) is 15.1 Å². The first-order chi connectivity index (χ1) is 8.33. The molecule has 0 saturated carbocycles. The molecule has 1 aliphatic heterocycles. The van der Waals surface area contributed by atoms with Gasteiger partial charge in [-0.3, -0.25) is 4.90 Å². The summed E-state index contributed by atoms with van der Waals surface area (Å²) in [6.45, 7) is 2.84. The van der Waals surface area contributed by atoms with E-state index in [1.807, 2.05) is 12.1 Å². The van der Waals surface area contributed by atoms with E-state index in [0.717, 1.165) is 12.1 Å². The zero-order valence-corrected chi connectivity index (χ0v) is 9.54. The number of aliphatic hydroxyl groups is 1. The Morgan fingerprint density at radius 3 is 3.29 bits per heavy atom. The van der Waals surface area contributed by atoms with E-state index < -0.39 is 0 Å². The molecule has 5 heteroatoms. The minimum Gasteiger partial charge on any atom is -0.394 e. The van der Waals surface area contributed by atoms with E-state index in [1.54, 1.807) is 6.20 Å². The Kier molecular flexibility index (Phi) is 4.04. The second kappa shape index (κ2) is 5.73. The van der Waals surface area contributed by atoms with Crippen molar-refractivity contribution in [3.05, 3.63) is 29.6 Å². The van der Waals surface area contributed by atoms with Gasteiger partial charge in [0.2, 0.25) is 0 Å². The van der Waals surface area contributed by atoms with Crippen LogP contribution in [0.25, 0.3) is 0 Å². The van der Waals surface area contributed by atoms with Crippen LogP contribution in [-0.4, -0.2) is 47.4 Å². The van der Waals surface area contributed by atoms with Crippen LogP contribution in [-0.2, 0) is 11.3 Å². The predicted octanol–water partition coefficient (Wildman–Crippen LogP) is 0.146. The van der Waals surface area contributed by atoms with Gasteiger partial charge in [-0.05, 0) is 6.07 Å². The van der Waals surface area contributed by atoms with Gasteiger partial charge in [-0.2, -0.15) is 5.26 Å². The van der Waals surface area contributed by atoms with Crippen LogP contribution in [0.15, 0.2) is 18.3 Å². The Morgan fingerprint density at radius 2 is 2.53 bits per heavy atom. The number of ether oxygens (including phenoxy) is 1. The fourth-order valence-corrected chi connectivity index (χ4v) is 1.94. The largest absolute Gasteiger partial charge is 0.394 e. The molecule has 0 spiro atoms. The van der Waals surface area contributed by atoms with Gasteiger partial charge >= 0.3 is 0 Å². The first-order valence-electron chi connectivity index (χ1n) is 5.62. The van der Waals surface area contributed by atoms with Crippen LogP contribution in [0, 0.1) is 11.3 Å². The summed E-state index contributed by atoms with van der Waals surface area (Å²) in [7, 11) is 0. The summed E-state index contributed by atoms with van der Waals surface area (Å²) < 4.78 is 5.38. The molecule has 1 fully saturated rings. The van der Waals surface area contributed by atoms with Gasteiger partial charge in [-0.15, -0.1) is 0 Å². The van der Waals surface area contributed by atoms with Crippen LogP contribution in [0.1, 0.15) is 11.3 Å². The molecule has 17 heavy (non-hydrogen) atoms. The summed E-state index contributed by atoms with van der Waals surface area (Å²) in [5.74, 6) is 0.